The van der Waals surface area contributed by atoms with E-state index in [9.17, 15) is 4.79 Å². The van der Waals surface area contributed by atoms with E-state index in [1.54, 1.807) is 6.07 Å². The second-order valence-electron chi connectivity index (χ2n) is 7.65. The van der Waals surface area contributed by atoms with Crippen molar-refractivity contribution in [2.24, 2.45) is 0 Å². The molecule has 1 amide bonds. The van der Waals surface area contributed by atoms with Gasteiger partial charge in [0.05, 0.1) is 12.8 Å². The molecule has 2 aromatic carbocycles. The number of hydrogen-bond donors (Lipinski definition) is 1. The average Bonchev–Trinajstić information content (AvgIpc) is 2.88. The monoisotopic (exact) mass is 469 g/mol. The lowest BCUT2D eigenvalue weighted by Gasteiger charge is -2.17. The molecule has 0 saturated carbocycles. The van der Waals surface area contributed by atoms with E-state index < -0.39 is 6.10 Å². The summed E-state index contributed by atoms with van der Waals surface area (Å²) in [5.74, 6) is 3.17. The van der Waals surface area contributed by atoms with E-state index in [1.165, 1.54) is 7.11 Å². The Morgan fingerprint density at radius 2 is 1.91 bits per heavy atom. The quantitative estimate of drug-likeness (QED) is 0.427. The van der Waals surface area contributed by atoms with Crippen molar-refractivity contribution in [3.63, 3.8) is 0 Å². The van der Waals surface area contributed by atoms with Gasteiger partial charge in [-0.15, -0.1) is 6.42 Å². The summed E-state index contributed by atoms with van der Waals surface area (Å²) in [6, 6.07) is 20.7. The van der Waals surface area contributed by atoms with Gasteiger partial charge in [-0.1, -0.05) is 42.3 Å². The summed E-state index contributed by atoms with van der Waals surface area (Å²) < 4.78 is 16.3. The molecule has 0 aliphatic rings. The maximum Gasteiger partial charge on any atom is 0.253 e. The van der Waals surface area contributed by atoms with Gasteiger partial charge in [-0.3, -0.25) is 9.78 Å². The first-order valence-electron chi connectivity index (χ1n) is 11.1. The zero-order chi connectivity index (χ0) is 25.0. The van der Waals surface area contributed by atoms with Crippen LogP contribution in [0.5, 0.6) is 11.5 Å². The van der Waals surface area contributed by atoms with Crippen LogP contribution in [-0.4, -0.2) is 37.8 Å². The van der Waals surface area contributed by atoms with Gasteiger partial charge < -0.3 is 19.5 Å². The van der Waals surface area contributed by atoms with Gasteiger partial charge in [0.1, 0.15) is 12.7 Å². The van der Waals surface area contributed by atoms with Crippen molar-refractivity contribution in [1.82, 2.24) is 10.3 Å². The van der Waals surface area contributed by atoms with Crippen LogP contribution in [0.25, 0.3) is 11.3 Å². The molecule has 7 heteroatoms. The number of nitrogens with one attached hydrogen (secondary N) is 1. The number of amides is 1. The van der Waals surface area contributed by atoms with E-state index in [0.717, 1.165) is 22.5 Å². The molecule has 0 aliphatic heterocycles. The zero-order valence-corrected chi connectivity index (χ0v) is 19.8. The first kappa shape index (κ1) is 25.3. The topological polar surface area (TPSA) is 93.5 Å². The number of ether oxygens (including phenoxy) is 3. The van der Waals surface area contributed by atoms with Crippen molar-refractivity contribution in [2.75, 3.05) is 26.9 Å². The third-order valence-electron chi connectivity index (χ3n) is 5.20. The Balaban J connectivity index is 1.65. The highest BCUT2D eigenvalue weighted by molar-refractivity contribution is 5.82. The fourth-order valence-corrected chi connectivity index (χ4v) is 3.51. The Morgan fingerprint density at radius 1 is 1.11 bits per heavy atom. The van der Waals surface area contributed by atoms with Crippen LogP contribution in [0.2, 0.25) is 0 Å². The molecule has 3 aromatic rings. The molecule has 0 fully saturated rings. The minimum Gasteiger partial charge on any atom is -0.493 e. The molecule has 1 heterocycles. The van der Waals surface area contributed by atoms with Crippen molar-refractivity contribution in [3.8, 4) is 41.2 Å². The van der Waals surface area contributed by atoms with Gasteiger partial charge in [-0.25, -0.2) is 0 Å². The molecule has 1 unspecified atom stereocenters. The number of benzene rings is 2. The lowest BCUT2D eigenvalue weighted by Crippen LogP contribution is -2.32. The highest BCUT2D eigenvalue weighted by atomic mass is 16.5. The lowest BCUT2D eigenvalue weighted by atomic mass is 10.0. The summed E-state index contributed by atoms with van der Waals surface area (Å²) in [6.45, 7) is 2.29. The molecule has 0 saturated heterocycles. The van der Waals surface area contributed by atoms with Gasteiger partial charge in [0.2, 0.25) is 0 Å². The van der Waals surface area contributed by atoms with Crippen LogP contribution >= 0.6 is 0 Å². The average molecular weight is 470 g/mol. The van der Waals surface area contributed by atoms with Gasteiger partial charge in [0.25, 0.3) is 5.91 Å². The molecule has 7 nitrogen and oxygen atoms in total. The van der Waals surface area contributed by atoms with Gasteiger partial charge in [-0.05, 0) is 48.7 Å². The fourth-order valence-electron chi connectivity index (χ4n) is 3.51. The van der Waals surface area contributed by atoms with E-state index in [1.807, 2.05) is 67.6 Å². The lowest BCUT2D eigenvalue weighted by molar-refractivity contribution is -0.132. The fraction of sp³-hybridized carbons (Fsp3) is 0.250. The van der Waals surface area contributed by atoms with E-state index in [4.69, 9.17) is 25.9 Å². The number of aromatic nitrogens is 1. The van der Waals surface area contributed by atoms with Crippen LogP contribution in [0.3, 0.4) is 0 Å². The largest absolute Gasteiger partial charge is 0.493 e. The summed E-state index contributed by atoms with van der Waals surface area (Å²) in [5.41, 5.74) is 4.40. The molecule has 178 valence electrons. The third kappa shape index (κ3) is 7.07. The Bertz CT molecular complexity index is 1230. The number of nitriles is 1. The van der Waals surface area contributed by atoms with E-state index in [-0.39, 0.29) is 19.1 Å². The van der Waals surface area contributed by atoms with Crippen molar-refractivity contribution in [2.45, 2.75) is 19.4 Å². The summed E-state index contributed by atoms with van der Waals surface area (Å²) in [6.07, 6.45) is 5.10. The smallest absolute Gasteiger partial charge is 0.253 e. The van der Waals surface area contributed by atoms with Gasteiger partial charge >= 0.3 is 0 Å². The zero-order valence-electron chi connectivity index (χ0n) is 19.8. The minimum atomic E-state index is -0.832. The third-order valence-corrected chi connectivity index (χ3v) is 5.20. The van der Waals surface area contributed by atoms with Crippen molar-refractivity contribution in [3.05, 3.63) is 77.5 Å². The Hall–Kier alpha value is -4.33. The molecule has 0 spiro atoms. The number of hydrogen-bond acceptors (Lipinski definition) is 6. The highest BCUT2D eigenvalue weighted by Gasteiger charge is 2.21. The summed E-state index contributed by atoms with van der Waals surface area (Å²) in [5, 5.41) is 11.6. The number of pyridine rings is 1. The van der Waals surface area contributed by atoms with Crippen LogP contribution in [0.15, 0.2) is 60.7 Å². The summed E-state index contributed by atoms with van der Waals surface area (Å²) in [7, 11) is 1.54. The molecule has 0 bridgehead atoms. The highest BCUT2D eigenvalue weighted by Crippen LogP contribution is 2.28. The SMILES string of the molecule is C#CCOC(C(=O)NCCc1ccc(OCC#N)c(OC)c1)c1ccc(-c2cccc(C)n2)cc1. The Kier molecular flexibility index (Phi) is 9.24. The van der Waals surface area contributed by atoms with Gasteiger partial charge in [0.15, 0.2) is 24.2 Å². The maximum atomic E-state index is 12.9. The molecule has 0 radical (unpaired) electrons. The number of methoxy groups -OCH3 is 1. The predicted octanol–water partition coefficient (Wildman–Crippen LogP) is 4.02. The molecule has 1 atom stereocenters. The van der Waals surface area contributed by atoms with Crippen LogP contribution in [0.1, 0.15) is 22.9 Å². The molecule has 3 rings (SSSR count). The second-order valence-corrected chi connectivity index (χ2v) is 7.65. The number of carbonyl (C=O) groups excluding carboxylic acids is 1. The molecule has 0 aliphatic carbocycles. The van der Waals surface area contributed by atoms with Crippen LogP contribution in [0.4, 0.5) is 0 Å². The Labute approximate surface area is 205 Å². The van der Waals surface area contributed by atoms with E-state index >= 15 is 0 Å². The second kappa shape index (κ2) is 12.8. The van der Waals surface area contributed by atoms with Crippen LogP contribution < -0.4 is 14.8 Å². The standard InChI is InChI=1S/C28H27N3O4/c1-4-17-35-27(23-11-9-22(10-12-23)24-7-5-6-20(2)31-24)28(32)30-16-14-21-8-13-25(34-18-15-29)26(19-21)33-3/h1,5-13,19,27H,14,16-18H2,2-3H3,(H,30,32). The number of carbonyl (C=O) groups is 1. The predicted molar refractivity (Wildman–Crippen MR) is 133 cm³/mol. The first-order chi connectivity index (χ1) is 17.0. The maximum absolute atomic E-state index is 12.9. The summed E-state index contributed by atoms with van der Waals surface area (Å²) >= 11 is 0. The normalized spacial score (nSPS) is 11.1. The molecule has 35 heavy (non-hydrogen) atoms. The van der Waals surface area contributed by atoms with Crippen molar-refractivity contribution >= 4 is 5.91 Å². The number of aryl methyl sites for hydroxylation is 1. The number of nitrogens with zero attached hydrogens (tertiary/aromatic N) is 2. The van der Waals surface area contributed by atoms with E-state index in [0.29, 0.717) is 30.0 Å². The Morgan fingerprint density at radius 3 is 2.60 bits per heavy atom. The molecule has 1 N–H and O–H groups in total. The van der Waals surface area contributed by atoms with Crippen molar-refractivity contribution < 1.29 is 19.0 Å². The molecular formula is C28H27N3O4. The number of terminal acetylenes is 1. The van der Waals surface area contributed by atoms with Gasteiger partial charge in [-0.2, -0.15) is 5.26 Å². The minimum absolute atomic E-state index is 0.0145. The molecule has 1 aromatic heterocycles. The van der Waals surface area contributed by atoms with E-state index in [2.05, 4.69) is 16.2 Å². The first-order valence-corrected chi connectivity index (χ1v) is 11.1. The molecular weight excluding hydrogens is 442 g/mol. The number of rotatable bonds is 11. The van der Waals surface area contributed by atoms with Crippen LogP contribution in [0, 0.1) is 30.6 Å². The van der Waals surface area contributed by atoms with Gasteiger partial charge in [0, 0.05) is 17.8 Å². The summed E-state index contributed by atoms with van der Waals surface area (Å²) in [4.78, 5) is 17.5. The van der Waals surface area contributed by atoms with Crippen LogP contribution in [-0.2, 0) is 16.0 Å². The van der Waals surface area contributed by atoms with Crippen molar-refractivity contribution in [1.29, 1.82) is 5.26 Å².